The summed E-state index contributed by atoms with van der Waals surface area (Å²) in [5.74, 6) is -45.9. The van der Waals surface area contributed by atoms with Crippen molar-refractivity contribution in [1.29, 1.82) is 0 Å². The zero-order valence-electron chi connectivity index (χ0n) is 12.7. The largest absolute Gasteiger partial charge is 0.478 e. The summed E-state index contributed by atoms with van der Waals surface area (Å²) < 4.78 is 196. The molecule has 0 aliphatic rings. The van der Waals surface area contributed by atoms with Crippen LogP contribution in [0.3, 0.4) is 0 Å². The van der Waals surface area contributed by atoms with Gasteiger partial charge in [0.15, 0.2) is 0 Å². The van der Waals surface area contributed by atoms with Crippen LogP contribution in [-0.2, 0) is 4.79 Å². The van der Waals surface area contributed by atoms with E-state index in [2.05, 4.69) is 6.58 Å². The minimum atomic E-state index is -8.31. The molecule has 0 aliphatic carbocycles. The van der Waals surface area contributed by atoms with Gasteiger partial charge >= 0.3 is 47.8 Å². The highest BCUT2D eigenvalue weighted by molar-refractivity contribution is 5.78. The van der Waals surface area contributed by atoms with Crippen molar-refractivity contribution in [3.05, 3.63) is 24.6 Å². The van der Waals surface area contributed by atoms with E-state index >= 15 is 0 Å². The van der Waals surface area contributed by atoms with E-state index in [4.69, 9.17) is 5.11 Å². The fraction of sp³-hybridized carbons (Fsp3) is 0.545. The second-order valence-corrected chi connectivity index (χ2v) is 4.49. The molecule has 2 nitrogen and oxygen atoms in total. The lowest BCUT2D eigenvalue weighted by atomic mass is 9.93. The minimum absolute atomic E-state index is 0.833. The van der Waals surface area contributed by atoms with Gasteiger partial charge < -0.3 is 5.11 Å². The molecule has 29 heavy (non-hydrogen) atoms. The SMILES string of the molecule is C=CC(=O)O.FC(F)=C(F)C(F)(F)C(F)(F)C(F)(F)C(F)(F)C(F)(F)C(F)(F)F. The summed E-state index contributed by atoms with van der Waals surface area (Å²) in [6.45, 7) is 2.96. The van der Waals surface area contributed by atoms with Crippen molar-refractivity contribution in [3.63, 3.8) is 0 Å². The van der Waals surface area contributed by atoms with E-state index in [0.717, 1.165) is 6.08 Å². The van der Waals surface area contributed by atoms with Gasteiger partial charge in [-0.15, -0.1) is 0 Å². The normalized spacial score (nSPS) is 13.9. The summed E-state index contributed by atoms with van der Waals surface area (Å²) in [7, 11) is 0. The zero-order valence-corrected chi connectivity index (χ0v) is 12.7. The molecule has 0 atom stereocenters. The molecule has 0 saturated carbocycles. The molecule has 0 heterocycles. The number of allylic oxidation sites excluding steroid dienone is 1. The summed E-state index contributed by atoms with van der Waals surface area (Å²) >= 11 is 0. The molecule has 0 bridgehead atoms. The highest BCUT2D eigenvalue weighted by Gasteiger charge is 2.91. The first-order valence-corrected chi connectivity index (χ1v) is 5.90. The topological polar surface area (TPSA) is 37.3 Å². The average molecular weight is 472 g/mol. The Balaban J connectivity index is 0. The van der Waals surface area contributed by atoms with Crippen molar-refractivity contribution >= 4 is 5.97 Å². The van der Waals surface area contributed by atoms with Gasteiger partial charge in [0, 0.05) is 6.08 Å². The van der Waals surface area contributed by atoms with Crippen LogP contribution in [0.2, 0.25) is 0 Å². The number of hydrogen-bond acceptors (Lipinski definition) is 1. The molecule has 0 aliphatic heterocycles. The Morgan fingerprint density at radius 3 is 1.14 bits per heavy atom. The fourth-order valence-corrected chi connectivity index (χ4v) is 1.03. The first-order chi connectivity index (χ1) is 12.4. The van der Waals surface area contributed by atoms with Crippen LogP contribution in [0.4, 0.5) is 70.2 Å². The van der Waals surface area contributed by atoms with E-state index in [1.165, 1.54) is 0 Å². The predicted molar refractivity (Wildman–Crippen MR) is 59.0 cm³/mol. The number of alkyl halides is 13. The maximum Gasteiger partial charge on any atom is 0.460 e. The van der Waals surface area contributed by atoms with Crippen molar-refractivity contribution in [1.82, 2.24) is 0 Å². The predicted octanol–water partition coefficient (Wildman–Crippen LogP) is 6.06. The van der Waals surface area contributed by atoms with Crippen LogP contribution in [-0.4, -0.2) is 46.9 Å². The highest BCUT2D eigenvalue weighted by Crippen LogP contribution is 2.61. The molecule has 0 spiro atoms. The Labute approximate surface area is 148 Å². The quantitative estimate of drug-likeness (QED) is 0.377. The molecule has 0 aromatic heterocycles. The van der Waals surface area contributed by atoms with Crippen LogP contribution in [0.1, 0.15) is 0 Å². The molecule has 0 rings (SSSR count). The van der Waals surface area contributed by atoms with Crippen molar-refractivity contribution in [2.45, 2.75) is 35.8 Å². The molecule has 0 unspecified atom stereocenters. The lowest BCUT2D eigenvalue weighted by molar-refractivity contribution is -0.437. The number of carboxylic acids is 1. The maximum absolute atomic E-state index is 12.7. The maximum atomic E-state index is 12.7. The fourth-order valence-electron chi connectivity index (χ4n) is 1.03. The molecule has 0 saturated heterocycles. The molecule has 0 fully saturated rings. The molecule has 0 aromatic rings. The van der Waals surface area contributed by atoms with Gasteiger partial charge in [-0.25, -0.2) is 4.79 Å². The van der Waals surface area contributed by atoms with Gasteiger partial charge in [-0.3, -0.25) is 0 Å². The van der Waals surface area contributed by atoms with Crippen LogP contribution in [0.15, 0.2) is 24.6 Å². The Kier molecular flexibility index (Phi) is 8.30. The van der Waals surface area contributed by atoms with E-state index in [9.17, 15) is 75.0 Å². The van der Waals surface area contributed by atoms with Crippen molar-refractivity contribution in [3.8, 4) is 0 Å². The number of carbonyl (C=O) groups is 1. The van der Waals surface area contributed by atoms with Gasteiger partial charge in [0.05, 0.1) is 0 Å². The van der Waals surface area contributed by atoms with E-state index in [1.807, 2.05) is 0 Å². The van der Waals surface area contributed by atoms with Crippen LogP contribution in [0.5, 0.6) is 0 Å². The van der Waals surface area contributed by atoms with Crippen molar-refractivity contribution < 1.29 is 80.1 Å². The van der Waals surface area contributed by atoms with Gasteiger partial charge in [-0.1, -0.05) is 6.58 Å². The van der Waals surface area contributed by atoms with Gasteiger partial charge in [0.25, 0.3) is 0 Å². The highest BCUT2D eigenvalue weighted by atomic mass is 19.4. The number of carboxylic acid groups (broad SMARTS) is 1. The standard InChI is InChI=1S/C8F16.C3H4O2/c9-1(2(10)11)3(12,13)4(14,15)5(16,17)6(18,19)7(20,21)8(22,23)24;1-2-3(4)5/h;2H,1H2,(H,4,5). The lowest BCUT2D eigenvalue weighted by Crippen LogP contribution is -2.70. The van der Waals surface area contributed by atoms with Crippen molar-refractivity contribution in [2.75, 3.05) is 0 Å². The third-order valence-electron chi connectivity index (χ3n) is 2.55. The molecule has 0 amide bonds. The van der Waals surface area contributed by atoms with Crippen LogP contribution < -0.4 is 0 Å². The first-order valence-electron chi connectivity index (χ1n) is 5.90. The third kappa shape index (κ3) is 4.88. The molecule has 0 radical (unpaired) electrons. The summed E-state index contributed by atoms with van der Waals surface area (Å²) in [5, 5.41) is 7.60. The average Bonchev–Trinajstić information content (AvgIpc) is 2.52. The van der Waals surface area contributed by atoms with Gasteiger partial charge in [-0.05, 0) is 0 Å². The molecule has 18 heteroatoms. The lowest BCUT2D eigenvalue weighted by Gasteiger charge is -2.39. The minimum Gasteiger partial charge on any atom is -0.478 e. The Morgan fingerprint density at radius 1 is 0.655 bits per heavy atom. The van der Waals surface area contributed by atoms with E-state index in [1.54, 1.807) is 0 Å². The molecule has 0 aromatic carbocycles. The number of aliphatic carboxylic acids is 1. The van der Waals surface area contributed by atoms with Gasteiger partial charge in [0.1, 0.15) is 0 Å². The van der Waals surface area contributed by atoms with Gasteiger partial charge in [-0.2, -0.15) is 70.2 Å². The third-order valence-corrected chi connectivity index (χ3v) is 2.55. The summed E-state index contributed by atoms with van der Waals surface area (Å²) in [5.41, 5.74) is 0. The van der Waals surface area contributed by atoms with Crippen LogP contribution in [0.25, 0.3) is 0 Å². The summed E-state index contributed by atoms with van der Waals surface area (Å²) in [6.07, 6.45) is -11.2. The van der Waals surface area contributed by atoms with Gasteiger partial charge in [0.2, 0.25) is 5.83 Å². The number of hydrogen-bond donors (Lipinski definition) is 1. The van der Waals surface area contributed by atoms with Crippen LogP contribution in [0, 0.1) is 0 Å². The molecular weight excluding hydrogens is 468 g/mol. The van der Waals surface area contributed by atoms with Crippen LogP contribution >= 0.6 is 0 Å². The molecular formula is C11H4F16O2. The summed E-state index contributed by atoms with van der Waals surface area (Å²) in [6, 6.07) is 0. The second-order valence-electron chi connectivity index (χ2n) is 4.49. The van der Waals surface area contributed by atoms with E-state index in [-0.39, 0.29) is 0 Å². The first kappa shape index (κ1) is 29.0. The van der Waals surface area contributed by atoms with Crippen molar-refractivity contribution in [2.24, 2.45) is 0 Å². The monoisotopic (exact) mass is 472 g/mol. The Morgan fingerprint density at radius 2 is 0.931 bits per heavy atom. The second kappa shape index (κ2) is 8.29. The number of halogens is 16. The summed E-state index contributed by atoms with van der Waals surface area (Å²) in [4.78, 5) is 9.25. The molecule has 172 valence electrons. The number of rotatable bonds is 6. The van der Waals surface area contributed by atoms with E-state index < -0.39 is 53.7 Å². The smallest absolute Gasteiger partial charge is 0.460 e. The zero-order chi connectivity index (χ0) is 24.4. The van der Waals surface area contributed by atoms with E-state index in [0.29, 0.717) is 0 Å². The Bertz CT molecular complexity index is 640. The molecule has 1 N–H and O–H groups in total. The Hall–Kier alpha value is -2.17.